The van der Waals surface area contributed by atoms with E-state index in [1.807, 2.05) is 53.1 Å². The molecule has 2 amide bonds. The van der Waals surface area contributed by atoms with Crippen LogP contribution in [0.3, 0.4) is 0 Å². The van der Waals surface area contributed by atoms with Gasteiger partial charge in [0.25, 0.3) is 5.91 Å². The van der Waals surface area contributed by atoms with Crippen molar-refractivity contribution in [3.8, 4) is 5.75 Å². The molecule has 2 fully saturated rings. The smallest absolute Gasteiger partial charge is 0.254 e. The first-order chi connectivity index (χ1) is 14.4. The Bertz CT molecular complexity index is 949. The number of ether oxygens (including phenoxy) is 1. The Hall–Kier alpha value is -2.53. The minimum atomic E-state index is -0.0241. The monoisotopic (exact) mass is 426 g/mol. The maximum atomic E-state index is 13.0. The number of rotatable bonds is 4. The maximum Gasteiger partial charge on any atom is 0.254 e. The lowest BCUT2D eigenvalue weighted by Gasteiger charge is -2.39. The van der Waals surface area contributed by atoms with Crippen LogP contribution in [0.5, 0.6) is 5.75 Å². The lowest BCUT2D eigenvalue weighted by molar-refractivity contribution is -0.128. The van der Waals surface area contributed by atoms with Gasteiger partial charge in [-0.25, -0.2) is 0 Å². The number of hydrogen-bond acceptors (Lipinski definition) is 3. The Labute approximate surface area is 182 Å². The van der Waals surface area contributed by atoms with E-state index in [0.29, 0.717) is 36.6 Å². The van der Waals surface area contributed by atoms with Gasteiger partial charge in [0.1, 0.15) is 5.75 Å². The summed E-state index contributed by atoms with van der Waals surface area (Å²) >= 11 is 6.19. The van der Waals surface area contributed by atoms with Crippen LogP contribution < -0.4 is 4.74 Å². The predicted octanol–water partition coefficient (Wildman–Crippen LogP) is 4.31. The molecule has 2 aliphatic rings. The molecule has 2 aromatic carbocycles. The lowest BCUT2D eigenvalue weighted by Crippen LogP contribution is -2.44. The minimum absolute atomic E-state index is 0.0241. The average molecular weight is 427 g/mol. The number of hydrogen-bond donors (Lipinski definition) is 0. The molecule has 6 heteroatoms. The van der Waals surface area contributed by atoms with E-state index in [9.17, 15) is 9.59 Å². The fourth-order valence-electron chi connectivity index (χ4n) is 4.61. The standard InChI is InChI=1S/C24H27ClN2O3/c1-17-20(4-3-5-21(17)25)23(29)26-12-10-24(11-13-26)14-22(28)27(16-24)15-18-6-8-19(30-2)9-7-18/h3-9H,10-16H2,1-2H3. The summed E-state index contributed by atoms with van der Waals surface area (Å²) < 4.78 is 5.21. The first kappa shape index (κ1) is 20.7. The second-order valence-corrected chi connectivity index (χ2v) is 8.89. The number of benzene rings is 2. The van der Waals surface area contributed by atoms with Crippen LogP contribution in [0.4, 0.5) is 0 Å². The van der Waals surface area contributed by atoms with Crippen molar-refractivity contribution in [2.75, 3.05) is 26.7 Å². The summed E-state index contributed by atoms with van der Waals surface area (Å²) in [7, 11) is 1.65. The normalized spacial score (nSPS) is 18.2. The van der Waals surface area contributed by atoms with Crippen LogP contribution in [0, 0.1) is 12.3 Å². The number of halogens is 1. The van der Waals surface area contributed by atoms with Crippen LogP contribution in [-0.2, 0) is 11.3 Å². The van der Waals surface area contributed by atoms with Gasteiger partial charge in [0.2, 0.25) is 5.91 Å². The number of amides is 2. The Morgan fingerprint density at radius 3 is 2.50 bits per heavy atom. The summed E-state index contributed by atoms with van der Waals surface area (Å²) in [5.74, 6) is 1.05. The Morgan fingerprint density at radius 1 is 1.13 bits per heavy atom. The molecule has 2 aliphatic heterocycles. The highest BCUT2D eigenvalue weighted by atomic mass is 35.5. The Balaban J connectivity index is 1.38. The highest BCUT2D eigenvalue weighted by Gasteiger charge is 2.45. The summed E-state index contributed by atoms with van der Waals surface area (Å²) in [4.78, 5) is 29.5. The number of carbonyl (C=O) groups excluding carboxylic acids is 2. The molecule has 0 atom stereocenters. The van der Waals surface area contributed by atoms with E-state index in [0.717, 1.165) is 36.3 Å². The molecule has 4 rings (SSSR count). The molecule has 0 aromatic heterocycles. The minimum Gasteiger partial charge on any atom is -0.497 e. The zero-order chi connectivity index (χ0) is 21.3. The van der Waals surface area contributed by atoms with E-state index in [2.05, 4.69) is 0 Å². The molecular formula is C24H27ClN2O3. The summed E-state index contributed by atoms with van der Waals surface area (Å²) in [6.45, 7) is 4.61. The van der Waals surface area contributed by atoms with Crippen LogP contribution in [0.15, 0.2) is 42.5 Å². The first-order valence-electron chi connectivity index (χ1n) is 10.4. The third kappa shape index (κ3) is 4.04. The van der Waals surface area contributed by atoms with Crippen molar-refractivity contribution < 1.29 is 14.3 Å². The summed E-state index contributed by atoms with van der Waals surface area (Å²) in [5, 5.41) is 0.616. The third-order valence-electron chi connectivity index (χ3n) is 6.55. The van der Waals surface area contributed by atoms with Gasteiger partial charge < -0.3 is 14.5 Å². The third-order valence-corrected chi connectivity index (χ3v) is 6.96. The molecule has 5 nitrogen and oxygen atoms in total. The number of methoxy groups -OCH3 is 1. The van der Waals surface area contributed by atoms with Crippen LogP contribution in [0.25, 0.3) is 0 Å². The summed E-state index contributed by atoms with van der Waals surface area (Å²) in [6.07, 6.45) is 2.27. The zero-order valence-electron chi connectivity index (χ0n) is 17.5. The van der Waals surface area contributed by atoms with E-state index in [1.165, 1.54) is 0 Å². The molecule has 0 bridgehead atoms. The van der Waals surface area contributed by atoms with Gasteiger partial charge in [-0.3, -0.25) is 9.59 Å². The number of likely N-dealkylation sites (tertiary alicyclic amines) is 2. The van der Waals surface area contributed by atoms with Gasteiger partial charge >= 0.3 is 0 Å². The molecule has 30 heavy (non-hydrogen) atoms. The van der Waals surface area contributed by atoms with Crippen molar-refractivity contribution in [3.63, 3.8) is 0 Å². The van der Waals surface area contributed by atoms with E-state index in [-0.39, 0.29) is 17.2 Å². The molecule has 158 valence electrons. The molecule has 2 saturated heterocycles. The van der Waals surface area contributed by atoms with Crippen molar-refractivity contribution in [1.82, 2.24) is 9.80 Å². The van der Waals surface area contributed by atoms with Crippen molar-refractivity contribution >= 4 is 23.4 Å². The predicted molar refractivity (Wildman–Crippen MR) is 117 cm³/mol. The topological polar surface area (TPSA) is 49.9 Å². The van der Waals surface area contributed by atoms with Crippen LogP contribution >= 0.6 is 11.6 Å². The highest BCUT2D eigenvalue weighted by Crippen LogP contribution is 2.42. The van der Waals surface area contributed by atoms with Gasteiger partial charge in [-0.1, -0.05) is 29.8 Å². The molecule has 2 heterocycles. The van der Waals surface area contributed by atoms with Crippen molar-refractivity contribution in [1.29, 1.82) is 0 Å². The number of carbonyl (C=O) groups is 2. The molecular weight excluding hydrogens is 400 g/mol. The van der Waals surface area contributed by atoms with Gasteiger partial charge in [0.15, 0.2) is 0 Å². The molecule has 1 spiro atoms. The number of piperidine rings is 1. The van der Waals surface area contributed by atoms with Crippen LogP contribution in [0.2, 0.25) is 5.02 Å². The quantitative estimate of drug-likeness (QED) is 0.731. The van der Waals surface area contributed by atoms with Gasteiger partial charge in [-0.2, -0.15) is 0 Å². The summed E-state index contributed by atoms with van der Waals surface area (Å²) in [5.41, 5.74) is 2.57. The molecule has 0 N–H and O–H groups in total. The van der Waals surface area contributed by atoms with E-state index in [1.54, 1.807) is 13.2 Å². The highest BCUT2D eigenvalue weighted by molar-refractivity contribution is 6.31. The fourth-order valence-corrected chi connectivity index (χ4v) is 4.78. The van der Waals surface area contributed by atoms with Crippen molar-refractivity contribution in [3.05, 3.63) is 64.2 Å². The van der Waals surface area contributed by atoms with Gasteiger partial charge in [0.05, 0.1) is 7.11 Å². The second-order valence-electron chi connectivity index (χ2n) is 8.48. The summed E-state index contributed by atoms with van der Waals surface area (Å²) in [6, 6.07) is 13.3. The van der Waals surface area contributed by atoms with Gasteiger partial charge in [0, 0.05) is 48.6 Å². The van der Waals surface area contributed by atoms with Crippen molar-refractivity contribution in [2.24, 2.45) is 5.41 Å². The molecule has 0 radical (unpaired) electrons. The first-order valence-corrected chi connectivity index (χ1v) is 10.7. The molecule has 0 aliphatic carbocycles. The molecule has 0 saturated carbocycles. The fraction of sp³-hybridized carbons (Fsp3) is 0.417. The van der Waals surface area contributed by atoms with Crippen LogP contribution in [-0.4, -0.2) is 48.4 Å². The molecule has 0 unspecified atom stereocenters. The van der Waals surface area contributed by atoms with Crippen LogP contribution in [0.1, 0.15) is 40.7 Å². The zero-order valence-corrected chi connectivity index (χ0v) is 18.2. The van der Waals surface area contributed by atoms with E-state index in [4.69, 9.17) is 16.3 Å². The SMILES string of the molecule is COc1ccc(CN2CC3(CCN(C(=O)c4cccc(Cl)c4C)CC3)CC2=O)cc1. The number of nitrogens with zero attached hydrogens (tertiary/aromatic N) is 2. The Kier molecular flexibility index (Phi) is 5.74. The lowest BCUT2D eigenvalue weighted by atomic mass is 9.77. The largest absolute Gasteiger partial charge is 0.497 e. The second kappa shape index (κ2) is 8.31. The van der Waals surface area contributed by atoms with Gasteiger partial charge in [-0.15, -0.1) is 0 Å². The van der Waals surface area contributed by atoms with E-state index < -0.39 is 0 Å². The molecule has 2 aromatic rings. The van der Waals surface area contributed by atoms with Gasteiger partial charge in [-0.05, 0) is 55.2 Å². The average Bonchev–Trinajstić information content (AvgIpc) is 3.05. The van der Waals surface area contributed by atoms with E-state index >= 15 is 0 Å². The van der Waals surface area contributed by atoms with Crippen molar-refractivity contribution in [2.45, 2.75) is 32.7 Å². The Morgan fingerprint density at radius 2 is 1.83 bits per heavy atom. The maximum absolute atomic E-state index is 13.0.